The molecule has 1 aliphatic carbocycles. The monoisotopic (exact) mass is 250 g/mol. The zero-order valence-corrected chi connectivity index (χ0v) is 11.5. The van der Waals surface area contributed by atoms with Crippen LogP contribution in [0.25, 0.3) is 0 Å². The van der Waals surface area contributed by atoms with Crippen molar-refractivity contribution in [3.05, 3.63) is 29.1 Å². The number of nitrogens with two attached hydrogens (primary N) is 1. The maximum atomic E-state index is 13.7. The van der Waals surface area contributed by atoms with Crippen LogP contribution in [0.4, 0.5) is 10.1 Å². The Morgan fingerprint density at radius 3 is 2.50 bits per heavy atom. The molecule has 2 rings (SSSR count). The molecule has 1 aromatic rings. The van der Waals surface area contributed by atoms with Crippen molar-refractivity contribution in [3.8, 4) is 0 Å². The Morgan fingerprint density at radius 2 is 1.94 bits per heavy atom. The van der Waals surface area contributed by atoms with Crippen LogP contribution >= 0.6 is 0 Å². The molecule has 2 nitrogen and oxygen atoms in total. The second kappa shape index (κ2) is 5.27. The normalized spacial score (nSPS) is 18.1. The molecule has 0 spiro atoms. The highest BCUT2D eigenvalue weighted by molar-refractivity contribution is 5.57. The lowest BCUT2D eigenvalue weighted by Gasteiger charge is -2.30. The minimum atomic E-state index is -0.161. The Bertz CT molecular complexity index is 423. The number of anilines is 1. The fourth-order valence-corrected chi connectivity index (χ4v) is 2.84. The molecule has 100 valence electrons. The van der Waals surface area contributed by atoms with Crippen LogP contribution in [0.15, 0.2) is 12.1 Å². The van der Waals surface area contributed by atoms with Gasteiger partial charge in [-0.1, -0.05) is 12.8 Å². The van der Waals surface area contributed by atoms with Crippen molar-refractivity contribution in [2.45, 2.75) is 51.6 Å². The van der Waals surface area contributed by atoms with Gasteiger partial charge in [0.25, 0.3) is 0 Å². The second-order valence-corrected chi connectivity index (χ2v) is 5.50. The van der Waals surface area contributed by atoms with Gasteiger partial charge in [-0.2, -0.15) is 0 Å². The summed E-state index contributed by atoms with van der Waals surface area (Å²) in [4.78, 5) is 2.29. The van der Waals surface area contributed by atoms with Gasteiger partial charge in [-0.25, -0.2) is 4.39 Å². The molecule has 1 aromatic carbocycles. The van der Waals surface area contributed by atoms with Crippen LogP contribution in [-0.4, -0.2) is 13.1 Å². The van der Waals surface area contributed by atoms with Gasteiger partial charge in [0.1, 0.15) is 5.82 Å². The Morgan fingerprint density at radius 1 is 1.33 bits per heavy atom. The Labute approximate surface area is 109 Å². The van der Waals surface area contributed by atoms with E-state index in [1.54, 1.807) is 6.07 Å². The first kappa shape index (κ1) is 13.3. The number of benzene rings is 1. The SMILES string of the molecule is Cc1cc(N(C)C2CCCC2)c(C(C)N)cc1F. The van der Waals surface area contributed by atoms with Gasteiger partial charge in [0.2, 0.25) is 0 Å². The topological polar surface area (TPSA) is 29.3 Å². The fraction of sp³-hybridized carbons (Fsp3) is 0.600. The molecule has 1 fully saturated rings. The summed E-state index contributed by atoms with van der Waals surface area (Å²) in [6, 6.07) is 3.97. The van der Waals surface area contributed by atoms with Gasteiger partial charge in [-0.3, -0.25) is 0 Å². The van der Waals surface area contributed by atoms with Crippen molar-refractivity contribution in [2.75, 3.05) is 11.9 Å². The van der Waals surface area contributed by atoms with Crippen LogP contribution in [0.1, 0.15) is 49.8 Å². The van der Waals surface area contributed by atoms with Gasteiger partial charge in [-0.15, -0.1) is 0 Å². The first-order chi connectivity index (χ1) is 8.50. The summed E-state index contributed by atoms with van der Waals surface area (Å²) >= 11 is 0. The van der Waals surface area contributed by atoms with E-state index >= 15 is 0 Å². The van der Waals surface area contributed by atoms with E-state index in [-0.39, 0.29) is 11.9 Å². The number of rotatable bonds is 3. The molecule has 0 heterocycles. The van der Waals surface area contributed by atoms with Crippen molar-refractivity contribution in [2.24, 2.45) is 5.73 Å². The molecular weight excluding hydrogens is 227 g/mol. The van der Waals surface area contributed by atoms with E-state index in [9.17, 15) is 4.39 Å². The largest absolute Gasteiger partial charge is 0.371 e. The standard InChI is InChI=1S/C15H23FN2/c1-10-8-15(13(11(2)17)9-14(10)16)18(3)12-6-4-5-7-12/h8-9,11-12H,4-7,17H2,1-3H3. The summed E-state index contributed by atoms with van der Waals surface area (Å²) in [5.41, 5.74) is 8.67. The first-order valence-electron chi connectivity index (χ1n) is 6.79. The van der Waals surface area contributed by atoms with Crippen molar-refractivity contribution in [1.82, 2.24) is 0 Å². The maximum absolute atomic E-state index is 13.7. The lowest BCUT2D eigenvalue weighted by molar-refractivity contribution is 0.607. The number of aryl methyl sites for hydroxylation is 1. The molecule has 0 radical (unpaired) electrons. The summed E-state index contributed by atoms with van der Waals surface area (Å²) in [5, 5.41) is 0. The van der Waals surface area contributed by atoms with Crippen molar-refractivity contribution >= 4 is 5.69 Å². The average Bonchev–Trinajstić information content (AvgIpc) is 2.84. The van der Waals surface area contributed by atoms with E-state index in [1.807, 2.05) is 19.9 Å². The summed E-state index contributed by atoms with van der Waals surface area (Å²) in [6.45, 7) is 3.72. The molecule has 1 aliphatic rings. The van der Waals surface area contributed by atoms with Crippen LogP contribution < -0.4 is 10.6 Å². The smallest absolute Gasteiger partial charge is 0.126 e. The zero-order valence-electron chi connectivity index (χ0n) is 11.5. The molecule has 1 unspecified atom stereocenters. The van der Waals surface area contributed by atoms with Crippen LogP contribution in [0.3, 0.4) is 0 Å². The first-order valence-corrected chi connectivity index (χ1v) is 6.79. The van der Waals surface area contributed by atoms with Gasteiger partial charge in [0.15, 0.2) is 0 Å². The van der Waals surface area contributed by atoms with E-state index in [1.165, 1.54) is 25.7 Å². The highest BCUT2D eigenvalue weighted by Gasteiger charge is 2.23. The summed E-state index contributed by atoms with van der Waals surface area (Å²) < 4.78 is 13.7. The minimum Gasteiger partial charge on any atom is -0.371 e. The van der Waals surface area contributed by atoms with E-state index < -0.39 is 0 Å². The second-order valence-electron chi connectivity index (χ2n) is 5.50. The third-order valence-electron chi connectivity index (χ3n) is 4.05. The van der Waals surface area contributed by atoms with Crippen molar-refractivity contribution in [3.63, 3.8) is 0 Å². The Hall–Kier alpha value is -1.09. The predicted octanol–water partition coefficient (Wildman–Crippen LogP) is 3.53. The van der Waals surface area contributed by atoms with E-state index in [2.05, 4.69) is 11.9 Å². The Balaban J connectivity index is 2.38. The number of hydrogen-bond donors (Lipinski definition) is 1. The molecular formula is C15H23FN2. The number of nitrogens with zero attached hydrogens (tertiary/aromatic N) is 1. The molecule has 3 heteroatoms. The van der Waals surface area contributed by atoms with Crippen LogP contribution in [0.5, 0.6) is 0 Å². The molecule has 0 aliphatic heterocycles. The van der Waals surface area contributed by atoms with E-state index in [0.717, 1.165) is 11.3 Å². The third kappa shape index (κ3) is 2.51. The molecule has 0 saturated heterocycles. The highest BCUT2D eigenvalue weighted by atomic mass is 19.1. The van der Waals surface area contributed by atoms with Gasteiger partial charge >= 0.3 is 0 Å². The number of hydrogen-bond acceptors (Lipinski definition) is 2. The third-order valence-corrected chi connectivity index (χ3v) is 4.05. The molecule has 0 aromatic heterocycles. The van der Waals surface area contributed by atoms with Crippen LogP contribution in [-0.2, 0) is 0 Å². The molecule has 18 heavy (non-hydrogen) atoms. The lowest BCUT2D eigenvalue weighted by atomic mass is 10.0. The zero-order chi connectivity index (χ0) is 13.3. The molecule has 0 amide bonds. The molecule has 2 N–H and O–H groups in total. The van der Waals surface area contributed by atoms with Crippen molar-refractivity contribution in [1.29, 1.82) is 0 Å². The van der Waals surface area contributed by atoms with Crippen molar-refractivity contribution < 1.29 is 4.39 Å². The Kier molecular flexibility index (Phi) is 3.91. The highest BCUT2D eigenvalue weighted by Crippen LogP contribution is 2.32. The van der Waals surface area contributed by atoms with Gasteiger partial charge in [-0.05, 0) is 49.9 Å². The summed E-state index contributed by atoms with van der Waals surface area (Å²) in [5.74, 6) is -0.161. The molecule has 1 atom stereocenters. The van der Waals surface area contributed by atoms with Gasteiger partial charge < -0.3 is 10.6 Å². The van der Waals surface area contributed by atoms with E-state index in [0.29, 0.717) is 11.6 Å². The fourth-order valence-electron chi connectivity index (χ4n) is 2.84. The maximum Gasteiger partial charge on any atom is 0.126 e. The molecule has 0 bridgehead atoms. The average molecular weight is 250 g/mol. The minimum absolute atomic E-state index is 0.140. The van der Waals surface area contributed by atoms with Crippen LogP contribution in [0, 0.1) is 12.7 Å². The lowest BCUT2D eigenvalue weighted by Crippen LogP contribution is -2.30. The summed E-state index contributed by atoms with van der Waals surface area (Å²) in [6.07, 6.45) is 5.04. The quantitative estimate of drug-likeness (QED) is 0.889. The van der Waals surface area contributed by atoms with Gasteiger partial charge in [0, 0.05) is 24.8 Å². The predicted molar refractivity (Wildman–Crippen MR) is 74.4 cm³/mol. The molecule has 1 saturated carbocycles. The summed E-state index contributed by atoms with van der Waals surface area (Å²) in [7, 11) is 2.11. The van der Waals surface area contributed by atoms with E-state index in [4.69, 9.17) is 5.73 Å². The van der Waals surface area contributed by atoms with Gasteiger partial charge in [0.05, 0.1) is 0 Å². The van der Waals surface area contributed by atoms with Crippen LogP contribution in [0.2, 0.25) is 0 Å². The number of halogens is 1.